The topological polar surface area (TPSA) is 51.2 Å². The SMILES string of the molecule is CC(C)(C)c1csc(NC(=O)COc2ccc(Br)cc2)n1. The first-order chi connectivity index (χ1) is 9.84. The lowest BCUT2D eigenvalue weighted by molar-refractivity contribution is -0.118. The summed E-state index contributed by atoms with van der Waals surface area (Å²) < 4.78 is 6.38. The molecule has 1 amide bonds. The van der Waals surface area contributed by atoms with Crippen molar-refractivity contribution in [3.05, 3.63) is 39.8 Å². The van der Waals surface area contributed by atoms with Gasteiger partial charge >= 0.3 is 0 Å². The Morgan fingerprint density at radius 3 is 2.57 bits per heavy atom. The van der Waals surface area contributed by atoms with Gasteiger partial charge in [-0.2, -0.15) is 0 Å². The van der Waals surface area contributed by atoms with Crippen LogP contribution in [0.5, 0.6) is 5.75 Å². The quantitative estimate of drug-likeness (QED) is 0.878. The average Bonchev–Trinajstić information content (AvgIpc) is 2.86. The number of hydrogen-bond acceptors (Lipinski definition) is 4. The summed E-state index contributed by atoms with van der Waals surface area (Å²) >= 11 is 4.77. The van der Waals surface area contributed by atoms with Crippen LogP contribution in [0.2, 0.25) is 0 Å². The molecule has 0 aliphatic heterocycles. The Morgan fingerprint density at radius 2 is 2.00 bits per heavy atom. The highest BCUT2D eigenvalue weighted by molar-refractivity contribution is 9.10. The minimum Gasteiger partial charge on any atom is -0.484 e. The lowest BCUT2D eigenvalue weighted by Crippen LogP contribution is -2.20. The van der Waals surface area contributed by atoms with E-state index in [2.05, 4.69) is 47.0 Å². The molecule has 1 aromatic carbocycles. The number of amides is 1. The maximum absolute atomic E-state index is 11.8. The molecule has 0 fully saturated rings. The third-order valence-electron chi connectivity index (χ3n) is 2.70. The highest BCUT2D eigenvalue weighted by Crippen LogP contribution is 2.26. The van der Waals surface area contributed by atoms with E-state index < -0.39 is 0 Å². The summed E-state index contributed by atoms with van der Waals surface area (Å²) in [5.41, 5.74) is 0.949. The molecule has 1 heterocycles. The maximum Gasteiger partial charge on any atom is 0.264 e. The molecular weight excluding hydrogens is 352 g/mol. The van der Waals surface area contributed by atoms with Crippen LogP contribution >= 0.6 is 27.3 Å². The van der Waals surface area contributed by atoms with Crippen LogP contribution in [-0.2, 0) is 10.2 Å². The monoisotopic (exact) mass is 368 g/mol. The zero-order chi connectivity index (χ0) is 15.5. The summed E-state index contributed by atoms with van der Waals surface area (Å²) in [5.74, 6) is 0.440. The number of thiazole rings is 1. The van der Waals surface area contributed by atoms with Crippen LogP contribution in [0, 0.1) is 0 Å². The van der Waals surface area contributed by atoms with E-state index >= 15 is 0 Å². The van der Waals surface area contributed by atoms with Gasteiger partial charge < -0.3 is 4.74 Å². The van der Waals surface area contributed by atoms with Gasteiger partial charge in [0.1, 0.15) is 5.75 Å². The van der Waals surface area contributed by atoms with Gasteiger partial charge in [0, 0.05) is 15.3 Å². The van der Waals surface area contributed by atoms with E-state index in [1.807, 2.05) is 17.5 Å². The molecule has 4 nitrogen and oxygen atoms in total. The van der Waals surface area contributed by atoms with Gasteiger partial charge in [-0.3, -0.25) is 10.1 Å². The predicted octanol–water partition coefficient (Wildman–Crippen LogP) is 4.22. The first-order valence-electron chi connectivity index (χ1n) is 6.49. The molecule has 0 aliphatic rings. The van der Waals surface area contributed by atoms with Crippen molar-refractivity contribution in [3.63, 3.8) is 0 Å². The number of carbonyl (C=O) groups is 1. The summed E-state index contributed by atoms with van der Waals surface area (Å²) in [6.45, 7) is 6.23. The molecule has 2 rings (SSSR count). The number of aromatic nitrogens is 1. The molecule has 0 spiro atoms. The molecule has 112 valence electrons. The largest absolute Gasteiger partial charge is 0.484 e. The Hall–Kier alpha value is -1.40. The van der Waals surface area contributed by atoms with Crippen molar-refractivity contribution >= 4 is 38.3 Å². The van der Waals surface area contributed by atoms with Crippen molar-refractivity contribution in [1.82, 2.24) is 4.98 Å². The number of ether oxygens (including phenoxy) is 1. The molecule has 21 heavy (non-hydrogen) atoms. The molecule has 0 aliphatic carbocycles. The fourth-order valence-electron chi connectivity index (χ4n) is 1.51. The number of halogens is 1. The van der Waals surface area contributed by atoms with Gasteiger partial charge in [0.15, 0.2) is 11.7 Å². The van der Waals surface area contributed by atoms with E-state index in [0.717, 1.165) is 10.2 Å². The summed E-state index contributed by atoms with van der Waals surface area (Å²) in [7, 11) is 0. The maximum atomic E-state index is 11.8. The molecule has 0 bridgehead atoms. The van der Waals surface area contributed by atoms with Gasteiger partial charge in [0.05, 0.1) is 5.69 Å². The van der Waals surface area contributed by atoms with Crippen molar-refractivity contribution < 1.29 is 9.53 Å². The van der Waals surface area contributed by atoms with E-state index in [4.69, 9.17) is 4.74 Å². The summed E-state index contributed by atoms with van der Waals surface area (Å²) in [5, 5.41) is 5.31. The lowest BCUT2D eigenvalue weighted by atomic mass is 9.93. The van der Waals surface area contributed by atoms with Crippen molar-refractivity contribution in [2.45, 2.75) is 26.2 Å². The van der Waals surface area contributed by atoms with Gasteiger partial charge in [-0.15, -0.1) is 11.3 Å². The third kappa shape index (κ3) is 4.82. The summed E-state index contributed by atoms with van der Waals surface area (Å²) in [6, 6.07) is 7.34. The normalized spacial score (nSPS) is 11.2. The minimum atomic E-state index is -0.215. The molecule has 0 radical (unpaired) electrons. The molecular formula is C15H17BrN2O2S. The van der Waals surface area contributed by atoms with Crippen molar-refractivity contribution in [2.75, 3.05) is 11.9 Å². The molecule has 0 atom stereocenters. The number of nitrogens with one attached hydrogen (secondary N) is 1. The van der Waals surface area contributed by atoms with E-state index in [-0.39, 0.29) is 17.9 Å². The summed E-state index contributed by atoms with van der Waals surface area (Å²) in [4.78, 5) is 16.2. The molecule has 1 aromatic heterocycles. The Labute approximate surface area is 136 Å². The van der Waals surface area contributed by atoms with Gasteiger partial charge in [-0.05, 0) is 24.3 Å². The molecule has 0 saturated heterocycles. The molecule has 1 N–H and O–H groups in total. The number of nitrogens with zero attached hydrogens (tertiary/aromatic N) is 1. The van der Waals surface area contributed by atoms with Crippen LogP contribution in [-0.4, -0.2) is 17.5 Å². The van der Waals surface area contributed by atoms with E-state index in [0.29, 0.717) is 10.9 Å². The standard InChI is InChI=1S/C15H17BrN2O2S/c1-15(2,3)12-9-21-14(17-12)18-13(19)8-20-11-6-4-10(16)5-7-11/h4-7,9H,8H2,1-3H3,(H,17,18,19). The van der Waals surface area contributed by atoms with Crippen molar-refractivity contribution in [1.29, 1.82) is 0 Å². The smallest absolute Gasteiger partial charge is 0.264 e. The number of rotatable bonds is 4. The number of carbonyl (C=O) groups excluding carboxylic acids is 1. The Balaban J connectivity index is 1.87. The predicted molar refractivity (Wildman–Crippen MR) is 89.1 cm³/mol. The van der Waals surface area contributed by atoms with Crippen LogP contribution in [0.4, 0.5) is 5.13 Å². The van der Waals surface area contributed by atoms with E-state index in [9.17, 15) is 4.79 Å². The molecule has 6 heteroatoms. The van der Waals surface area contributed by atoms with Crippen LogP contribution in [0.1, 0.15) is 26.5 Å². The van der Waals surface area contributed by atoms with E-state index in [1.54, 1.807) is 12.1 Å². The van der Waals surface area contributed by atoms with Crippen LogP contribution in [0.25, 0.3) is 0 Å². The van der Waals surface area contributed by atoms with Gasteiger partial charge in [0.2, 0.25) is 0 Å². The summed E-state index contributed by atoms with van der Waals surface area (Å²) in [6.07, 6.45) is 0. The third-order valence-corrected chi connectivity index (χ3v) is 3.99. The first kappa shape index (κ1) is 16.0. The van der Waals surface area contributed by atoms with Crippen LogP contribution in [0.15, 0.2) is 34.1 Å². The number of hydrogen-bond donors (Lipinski definition) is 1. The molecule has 0 saturated carbocycles. The Kier molecular flexibility index (Phi) is 5.00. The van der Waals surface area contributed by atoms with Gasteiger partial charge in [-0.25, -0.2) is 4.98 Å². The van der Waals surface area contributed by atoms with Gasteiger partial charge in [0.25, 0.3) is 5.91 Å². The van der Waals surface area contributed by atoms with Gasteiger partial charge in [-0.1, -0.05) is 36.7 Å². The second-order valence-electron chi connectivity index (χ2n) is 5.58. The van der Waals surface area contributed by atoms with Crippen molar-refractivity contribution in [2.24, 2.45) is 0 Å². The Bertz CT molecular complexity index is 617. The molecule has 0 unspecified atom stereocenters. The fourth-order valence-corrected chi connectivity index (χ4v) is 2.73. The Morgan fingerprint density at radius 1 is 1.33 bits per heavy atom. The number of anilines is 1. The molecule has 2 aromatic rings. The minimum absolute atomic E-state index is 0.0204. The number of benzene rings is 1. The zero-order valence-electron chi connectivity index (χ0n) is 12.1. The van der Waals surface area contributed by atoms with E-state index in [1.165, 1.54) is 11.3 Å². The highest BCUT2D eigenvalue weighted by Gasteiger charge is 2.18. The lowest BCUT2D eigenvalue weighted by Gasteiger charge is -2.14. The highest BCUT2D eigenvalue weighted by atomic mass is 79.9. The average molecular weight is 369 g/mol. The second kappa shape index (κ2) is 6.58. The zero-order valence-corrected chi connectivity index (χ0v) is 14.5. The van der Waals surface area contributed by atoms with Crippen molar-refractivity contribution in [3.8, 4) is 5.75 Å². The first-order valence-corrected chi connectivity index (χ1v) is 8.16. The van der Waals surface area contributed by atoms with Crippen LogP contribution in [0.3, 0.4) is 0 Å². The fraction of sp³-hybridized carbons (Fsp3) is 0.333. The van der Waals surface area contributed by atoms with Crippen LogP contribution < -0.4 is 10.1 Å². The second-order valence-corrected chi connectivity index (χ2v) is 7.35.